The summed E-state index contributed by atoms with van der Waals surface area (Å²) in [5.74, 6) is 0.367. The highest BCUT2D eigenvalue weighted by Gasteiger charge is 2.31. The molecule has 2 aliphatic rings. The third kappa shape index (κ3) is 3.93. The second kappa shape index (κ2) is 7.45. The monoisotopic (exact) mass is 316 g/mol. The van der Waals surface area contributed by atoms with E-state index in [9.17, 15) is 9.90 Å². The molecule has 0 aromatic heterocycles. The van der Waals surface area contributed by atoms with Crippen LogP contribution in [0.4, 0.5) is 0 Å². The molecule has 0 radical (unpaired) electrons. The number of carbonyl (C=O) groups excluding carboxylic acids is 1. The Balaban J connectivity index is 1.56. The lowest BCUT2D eigenvalue weighted by atomic mass is 9.84. The molecule has 1 heterocycles. The van der Waals surface area contributed by atoms with Crippen molar-refractivity contribution in [1.82, 2.24) is 4.90 Å². The average Bonchev–Trinajstić information content (AvgIpc) is 2.61. The van der Waals surface area contributed by atoms with Gasteiger partial charge in [-0.05, 0) is 29.9 Å². The first-order chi connectivity index (χ1) is 11.1. The van der Waals surface area contributed by atoms with Crippen molar-refractivity contribution in [3.63, 3.8) is 0 Å². The van der Waals surface area contributed by atoms with E-state index in [1.807, 2.05) is 12.1 Å². The van der Waals surface area contributed by atoms with Gasteiger partial charge in [0.2, 0.25) is 0 Å². The number of nitrogens with two attached hydrogens (primary N) is 1. The number of benzene rings is 1. The van der Waals surface area contributed by atoms with Crippen molar-refractivity contribution in [2.75, 3.05) is 6.54 Å². The van der Waals surface area contributed by atoms with Crippen molar-refractivity contribution in [1.29, 1.82) is 0 Å². The number of nitrogens with zero attached hydrogens (tertiary/aromatic N) is 1. The fraction of sp³-hybridized carbons (Fsp3) is 0.632. The molecule has 0 bridgehead atoms. The number of aliphatic hydroxyl groups is 1. The lowest BCUT2D eigenvalue weighted by molar-refractivity contribution is -0.142. The van der Waals surface area contributed by atoms with Crippen LogP contribution in [0.5, 0.6) is 0 Å². The SMILES string of the molecule is NC(CC1CCCCC1)C(O)C(=O)N1CCc2ccccc2C1. The minimum Gasteiger partial charge on any atom is -0.382 e. The number of fused-ring (bicyclic) bond motifs is 1. The molecule has 0 saturated heterocycles. The summed E-state index contributed by atoms with van der Waals surface area (Å²) in [6.45, 7) is 1.26. The van der Waals surface area contributed by atoms with Crippen LogP contribution in [0.15, 0.2) is 24.3 Å². The molecule has 23 heavy (non-hydrogen) atoms. The Hall–Kier alpha value is -1.39. The second-order valence-electron chi connectivity index (χ2n) is 7.13. The molecule has 3 N–H and O–H groups in total. The first-order valence-electron chi connectivity index (χ1n) is 8.94. The van der Waals surface area contributed by atoms with Gasteiger partial charge in [0.1, 0.15) is 6.10 Å². The molecule has 1 amide bonds. The van der Waals surface area contributed by atoms with Gasteiger partial charge in [0.05, 0.1) is 0 Å². The maximum atomic E-state index is 12.6. The molecular weight excluding hydrogens is 288 g/mol. The summed E-state index contributed by atoms with van der Waals surface area (Å²) >= 11 is 0. The summed E-state index contributed by atoms with van der Waals surface area (Å²) in [4.78, 5) is 14.3. The molecule has 1 aliphatic carbocycles. The zero-order chi connectivity index (χ0) is 16.2. The molecule has 2 atom stereocenters. The van der Waals surface area contributed by atoms with Crippen LogP contribution in [-0.4, -0.2) is 34.6 Å². The van der Waals surface area contributed by atoms with E-state index in [0.29, 0.717) is 19.0 Å². The Bertz CT molecular complexity index is 540. The van der Waals surface area contributed by atoms with Crippen molar-refractivity contribution < 1.29 is 9.90 Å². The third-order valence-corrected chi connectivity index (χ3v) is 5.43. The standard InChI is InChI=1S/C19H28N2O2/c20-17(12-14-6-2-1-3-7-14)18(22)19(23)21-11-10-15-8-4-5-9-16(15)13-21/h4-5,8-9,14,17-18,22H,1-3,6-7,10-13,20H2. The number of hydrogen-bond acceptors (Lipinski definition) is 3. The molecule has 1 aliphatic heterocycles. The first kappa shape index (κ1) is 16.5. The van der Waals surface area contributed by atoms with E-state index < -0.39 is 12.1 Å². The van der Waals surface area contributed by atoms with Gasteiger partial charge in [0.25, 0.3) is 5.91 Å². The van der Waals surface area contributed by atoms with Gasteiger partial charge >= 0.3 is 0 Å². The molecule has 126 valence electrons. The highest BCUT2D eigenvalue weighted by Crippen LogP contribution is 2.28. The van der Waals surface area contributed by atoms with Gasteiger partial charge in [-0.25, -0.2) is 0 Å². The lowest BCUT2D eigenvalue weighted by Crippen LogP contribution is -2.50. The van der Waals surface area contributed by atoms with Crippen LogP contribution in [0.2, 0.25) is 0 Å². The van der Waals surface area contributed by atoms with Gasteiger partial charge in [-0.2, -0.15) is 0 Å². The van der Waals surface area contributed by atoms with Gasteiger partial charge in [0, 0.05) is 19.1 Å². The lowest BCUT2D eigenvalue weighted by Gasteiger charge is -2.33. The zero-order valence-corrected chi connectivity index (χ0v) is 13.8. The predicted octanol–water partition coefficient (Wildman–Crippen LogP) is 2.23. The number of carbonyl (C=O) groups is 1. The normalized spacial score (nSPS) is 21.6. The molecule has 1 aromatic rings. The molecule has 1 saturated carbocycles. The smallest absolute Gasteiger partial charge is 0.253 e. The molecular formula is C19H28N2O2. The minimum atomic E-state index is -1.07. The van der Waals surface area contributed by atoms with Crippen LogP contribution >= 0.6 is 0 Å². The Labute approximate surface area is 138 Å². The van der Waals surface area contributed by atoms with Crippen LogP contribution in [0.3, 0.4) is 0 Å². The Kier molecular flexibility index (Phi) is 5.34. The minimum absolute atomic E-state index is 0.206. The zero-order valence-electron chi connectivity index (χ0n) is 13.8. The van der Waals surface area contributed by atoms with Crippen LogP contribution < -0.4 is 5.73 Å². The van der Waals surface area contributed by atoms with Crippen molar-refractivity contribution in [2.45, 2.75) is 63.6 Å². The summed E-state index contributed by atoms with van der Waals surface area (Å²) in [5, 5.41) is 10.4. The van der Waals surface area contributed by atoms with Gasteiger partial charge < -0.3 is 15.7 Å². The van der Waals surface area contributed by atoms with Crippen molar-refractivity contribution in [3.8, 4) is 0 Å². The second-order valence-corrected chi connectivity index (χ2v) is 7.13. The van der Waals surface area contributed by atoms with Crippen LogP contribution in [0, 0.1) is 5.92 Å². The molecule has 1 aromatic carbocycles. The van der Waals surface area contributed by atoms with Gasteiger partial charge in [-0.1, -0.05) is 56.4 Å². The van der Waals surface area contributed by atoms with Gasteiger partial charge in [-0.3, -0.25) is 4.79 Å². The maximum absolute atomic E-state index is 12.6. The molecule has 4 heteroatoms. The van der Waals surface area contributed by atoms with E-state index in [4.69, 9.17) is 5.73 Å². The van der Waals surface area contributed by atoms with Gasteiger partial charge in [-0.15, -0.1) is 0 Å². The van der Waals surface area contributed by atoms with Crippen LogP contribution in [0.25, 0.3) is 0 Å². The summed E-state index contributed by atoms with van der Waals surface area (Å²) in [5.41, 5.74) is 8.64. The van der Waals surface area contributed by atoms with E-state index in [2.05, 4.69) is 12.1 Å². The third-order valence-electron chi connectivity index (χ3n) is 5.43. The van der Waals surface area contributed by atoms with E-state index >= 15 is 0 Å². The molecule has 1 fully saturated rings. The van der Waals surface area contributed by atoms with E-state index in [1.165, 1.54) is 43.2 Å². The Morgan fingerprint density at radius 3 is 2.65 bits per heavy atom. The van der Waals surface area contributed by atoms with Crippen molar-refractivity contribution in [2.24, 2.45) is 11.7 Å². The number of rotatable bonds is 4. The topological polar surface area (TPSA) is 66.6 Å². The number of amides is 1. The Morgan fingerprint density at radius 1 is 1.22 bits per heavy atom. The average molecular weight is 316 g/mol. The van der Waals surface area contributed by atoms with Crippen molar-refractivity contribution >= 4 is 5.91 Å². The highest BCUT2D eigenvalue weighted by molar-refractivity contribution is 5.81. The highest BCUT2D eigenvalue weighted by atomic mass is 16.3. The fourth-order valence-electron chi connectivity index (χ4n) is 3.99. The quantitative estimate of drug-likeness (QED) is 0.895. The van der Waals surface area contributed by atoms with E-state index in [-0.39, 0.29) is 5.91 Å². The summed E-state index contributed by atoms with van der Waals surface area (Å²) in [7, 11) is 0. The van der Waals surface area contributed by atoms with Gasteiger partial charge in [0.15, 0.2) is 0 Å². The number of hydrogen-bond donors (Lipinski definition) is 2. The van der Waals surface area contributed by atoms with E-state index in [0.717, 1.165) is 12.8 Å². The molecule has 0 spiro atoms. The van der Waals surface area contributed by atoms with Crippen LogP contribution in [-0.2, 0) is 17.8 Å². The molecule has 4 nitrogen and oxygen atoms in total. The summed E-state index contributed by atoms with van der Waals surface area (Å²) in [6.07, 6.45) is 6.73. The first-order valence-corrected chi connectivity index (χ1v) is 8.94. The largest absolute Gasteiger partial charge is 0.382 e. The Morgan fingerprint density at radius 2 is 1.91 bits per heavy atom. The summed E-state index contributed by atoms with van der Waals surface area (Å²) < 4.78 is 0. The van der Waals surface area contributed by atoms with Crippen molar-refractivity contribution in [3.05, 3.63) is 35.4 Å². The predicted molar refractivity (Wildman–Crippen MR) is 90.7 cm³/mol. The fourth-order valence-corrected chi connectivity index (χ4v) is 3.99. The number of aliphatic hydroxyl groups excluding tert-OH is 1. The van der Waals surface area contributed by atoms with E-state index in [1.54, 1.807) is 4.90 Å². The summed E-state index contributed by atoms with van der Waals surface area (Å²) in [6, 6.07) is 7.76. The molecule has 3 rings (SSSR count). The van der Waals surface area contributed by atoms with Crippen LogP contribution in [0.1, 0.15) is 49.7 Å². The molecule has 2 unspecified atom stereocenters. The maximum Gasteiger partial charge on any atom is 0.253 e.